The number of benzene rings is 3. The molecule has 2 heteroatoms. The van der Waals surface area contributed by atoms with Gasteiger partial charge in [0, 0.05) is 56.0 Å². The van der Waals surface area contributed by atoms with Crippen LogP contribution in [0.4, 0.5) is 0 Å². The third-order valence-corrected chi connectivity index (χ3v) is 6.67. The Morgan fingerprint density at radius 2 is 1.53 bits per heavy atom. The van der Waals surface area contributed by atoms with E-state index in [9.17, 15) is 0 Å². The molecule has 0 saturated carbocycles. The molecule has 142 valence electrons. The lowest BCUT2D eigenvalue weighted by Crippen LogP contribution is -2.16. The summed E-state index contributed by atoms with van der Waals surface area (Å²) < 4.78 is 2.48. The lowest BCUT2D eigenvalue weighted by molar-refractivity contribution is 0.661. The zero-order chi connectivity index (χ0) is 19.7. The van der Waals surface area contributed by atoms with Gasteiger partial charge < -0.3 is 9.55 Å². The van der Waals surface area contributed by atoms with Gasteiger partial charge in [0.2, 0.25) is 0 Å². The van der Waals surface area contributed by atoms with Gasteiger partial charge in [-0.05, 0) is 30.3 Å². The van der Waals surface area contributed by atoms with Gasteiger partial charge in [0.15, 0.2) is 0 Å². The maximum atomic E-state index is 3.62. The van der Waals surface area contributed by atoms with Crippen LogP contribution in [0.3, 0.4) is 0 Å². The van der Waals surface area contributed by atoms with Crippen LogP contribution < -0.4 is 0 Å². The van der Waals surface area contributed by atoms with Crippen LogP contribution in [0.5, 0.6) is 0 Å². The van der Waals surface area contributed by atoms with E-state index < -0.39 is 0 Å². The smallest absolute Gasteiger partial charge is 0.0545 e. The van der Waals surface area contributed by atoms with Gasteiger partial charge in [-0.15, -0.1) is 0 Å². The quantitative estimate of drug-likeness (QED) is 0.318. The molecule has 2 nitrogen and oxygen atoms in total. The number of allylic oxidation sites excluding steroid dienone is 5. The molecule has 1 N–H and O–H groups in total. The fourth-order valence-corrected chi connectivity index (χ4v) is 5.41. The molecule has 30 heavy (non-hydrogen) atoms. The van der Waals surface area contributed by atoms with Gasteiger partial charge in [0.1, 0.15) is 0 Å². The Morgan fingerprint density at radius 3 is 2.47 bits per heavy atom. The topological polar surface area (TPSA) is 20.7 Å². The molecule has 2 atom stereocenters. The second kappa shape index (κ2) is 5.87. The monoisotopic (exact) mass is 384 g/mol. The molecule has 2 unspecified atom stereocenters. The molecule has 2 aliphatic carbocycles. The third kappa shape index (κ3) is 2.03. The highest BCUT2D eigenvalue weighted by atomic mass is 15.0. The largest absolute Gasteiger partial charge is 0.354 e. The molecule has 0 radical (unpaired) electrons. The SMILES string of the molecule is C1=CC2C=Cc3c(n(-c4ccccc4)c4ccc5[nH]c6ccccc6c5c34)C2C=C1. The van der Waals surface area contributed by atoms with Crippen LogP contribution in [0.1, 0.15) is 17.2 Å². The maximum Gasteiger partial charge on any atom is 0.0545 e. The van der Waals surface area contributed by atoms with Crippen molar-refractivity contribution < 1.29 is 0 Å². The fraction of sp³-hybridized carbons (Fsp3) is 0.0714. The molecule has 0 fully saturated rings. The Kier molecular flexibility index (Phi) is 3.14. The summed E-state index contributed by atoms with van der Waals surface area (Å²) in [7, 11) is 0. The predicted octanol–water partition coefficient (Wildman–Crippen LogP) is 7.12. The van der Waals surface area contributed by atoms with Gasteiger partial charge in [0.25, 0.3) is 0 Å². The van der Waals surface area contributed by atoms with Gasteiger partial charge in [-0.3, -0.25) is 0 Å². The second-order valence-corrected chi connectivity index (χ2v) is 8.25. The van der Waals surface area contributed by atoms with Crippen LogP contribution in [-0.4, -0.2) is 9.55 Å². The van der Waals surface area contributed by atoms with Crippen LogP contribution >= 0.6 is 0 Å². The van der Waals surface area contributed by atoms with E-state index in [0.717, 1.165) is 0 Å². The Labute approximate surface area is 174 Å². The molecule has 2 aromatic heterocycles. The van der Waals surface area contributed by atoms with E-state index >= 15 is 0 Å². The van der Waals surface area contributed by atoms with E-state index in [4.69, 9.17) is 0 Å². The van der Waals surface area contributed by atoms with Gasteiger partial charge in [0.05, 0.1) is 5.52 Å². The van der Waals surface area contributed by atoms with Crippen LogP contribution in [0.2, 0.25) is 0 Å². The Bertz CT molecular complexity index is 1540. The molecule has 0 spiro atoms. The van der Waals surface area contributed by atoms with Crippen LogP contribution in [0.15, 0.2) is 97.1 Å². The van der Waals surface area contributed by atoms with Crippen molar-refractivity contribution in [1.82, 2.24) is 9.55 Å². The third-order valence-electron chi connectivity index (χ3n) is 6.67. The van der Waals surface area contributed by atoms with Crippen LogP contribution in [-0.2, 0) is 0 Å². The molecule has 0 bridgehead atoms. The number of hydrogen-bond donors (Lipinski definition) is 1. The molecule has 0 aliphatic heterocycles. The molecule has 2 heterocycles. The Hall–Kier alpha value is -3.78. The van der Waals surface area contributed by atoms with Crippen molar-refractivity contribution >= 4 is 38.8 Å². The summed E-state index contributed by atoms with van der Waals surface area (Å²) in [6.07, 6.45) is 13.8. The van der Waals surface area contributed by atoms with E-state index in [2.05, 4.69) is 113 Å². The van der Waals surface area contributed by atoms with Crippen molar-refractivity contribution in [3.05, 3.63) is 108 Å². The number of H-pyrrole nitrogens is 1. The zero-order valence-electron chi connectivity index (χ0n) is 16.4. The molecular weight excluding hydrogens is 364 g/mol. The van der Waals surface area contributed by atoms with Gasteiger partial charge in [-0.25, -0.2) is 0 Å². The van der Waals surface area contributed by atoms with Crippen molar-refractivity contribution in [2.75, 3.05) is 0 Å². The summed E-state index contributed by atoms with van der Waals surface area (Å²) in [5, 5.41) is 3.97. The number of nitrogens with one attached hydrogen (secondary N) is 1. The van der Waals surface area contributed by atoms with Crippen molar-refractivity contribution in [2.45, 2.75) is 5.92 Å². The van der Waals surface area contributed by atoms with E-state index in [0.29, 0.717) is 11.8 Å². The van der Waals surface area contributed by atoms with Crippen molar-refractivity contribution in [2.24, 2.45) is 5.92 Å². The summed E-state index contributed by atoms with van der Waals surface area (Å²) in [5.41, 5.74) is 7.63. The average Bonchev–Trinajstić information content (AvgIpc) is 3.35. The van der Waals surface area contributed by atoms with Crippen molar-refractivity contribution in [3.63, 3.8) is 0 Å². The first kappa shape index (κ1) is 16.1. The minimum absolute atomic E-state index is 0.350. The molecular formula is C28H20N2. The normalized spacial score (nSPS) is 19.6. The van der Waals surface area contributed by atoms with Crippen molar-refractivity contribution in [1.29, 1.82) is 0 Å². The lowest BCUT2D eigenvalue weighted by atomic mass is 9.80. The number of aromatic amines is 1. The molecule has 0 amide bonds. The molecule has 5 aromatic rings. The first-order chi connectivity index (χ1) is 14.9. The predicted molar refractivity (Wildman–Crippen MR) is 126 cm³/mol. The number of aromatic nitrogens is 2. The fourth-order valence-electron chi connectivity index (χ4n) is 5.41. The van der Waals surface area contributed by atoms with Gasteiger partial charge in [-0.2, -0.15) is 0 Å². The second-order valence-electron chi connectivity index (χ2n) is 8.25. The summed E-state index contributed by atoms with van der Waals surface area (Å²) in [4.78, 5) is 3.62. The van der Waals surface area contributed by atoms with E-state index in [1.165, 1.54) is 49.7 Å². The minimum atomic E-state index is 0.350. The zero-order valence-corrected chi connectivity index (χ0v) is 16.4. The first-order valence-corrected chi connectivity index (χ1v) is 10.6. The molecule has 2 aliphatic rings. The number of rotatable bonds is 1. The Morgan fingerprint density at radius 1 is 0.700 bits per heavy atom. The number of fused-ring (bicyclic) bond motifs is 9. The highest BCUT2D eigenvalue weighted by molar-refractivity contribution is 6.22. The lowest BCUT2D eigenvalue weighted by Gasteiger charge is -2.27. The standard InChI is InChI=1S/C28H20N2/c1-2-9-19(10-3-1)30-25-17-16-24-26(21-12-6-7-13-23(21)29-24)27(25)22-15-14-18-8-4-5-11-20(18)28(22)30/h1-18,20,29H. The highest BCUT2D eigenvalue weighted by Gasteiger charge is 2.31. The Balaban J connectivity index is 1.71. The first-order valence-electron chi connectivity index (χ1n) is 10.6. The van der Waals surface area contributed by atoms with Gasteiger partial charge >= 0.3 is 0 Å². The maximum absolute atomic E-state index is 3.62. The molecule has 7 rings (SSSR count). The van der Waals surface area contributed by atoms with Crippen LogP contribution in [0.25, 0.3) is 44.5 Å². The van der Waals surface area contributed by atoms with Crippen LogP contribution in [0, 0.1) is 5.92 Å². The summed E-state index contributed by atoms with van der Waals surface area (Å²) in [6, 6.07) is 23.9. The average molecular weight is 384 g/mol. The summed E-state index contributed by atoms with van der Waals surface area (Å²) in [5.74, 6) is 0.760. The minimum Gasteiger partial charge on any atom is -0.354 e. The number of nitrogens with zero attached hydrogens (tertiary/aromatic N) is 1. The number of para-hydroxylation sites is 2. The highest BCUT2D eigenvalue weighted by Crippen LogP contribution is 2.46. The summed E-state index contributed by atoms with van der Waals surface area (Å²) >= 11 is 0. The molecule has 0 saturated heterocycles. The van der Waals surface area contributed by atoms with E-state index in [-0.39, 0.29) is 0 Å². The van der Waals surface area contributed by atoms with Crippen molar-refractivity contribution in [3.8, 4) is 5.69 Å². The van der Waals surface area contributed by atoms with E-state index in [1.54, 1.807) is 0 Å². The number of hydrogen-bond acceptors (Lipinski definition) is 0. The van der Waals surface area contributed by atoms with Gasteiger partial charge in [-0.1, -0.05) is 72.9 Å². The molecule has 3 aromatic carbocycles. The van der Waals surface area contributed by atoms with E-state index in [1.807, 2.05) is 0 Å². The summed E-state index contributed by atoms with van der Waals surface area (Å²) in [6.45, 7) is 0.